The zero-order valence-electron chi connectivity index (χ0n) is 13.4. The minimum atomic E-state index is -0.270. The van der Waals surface area contributed by atoms with E-state index in [1.165, 1.54) is 11.3 Å². The molecule has 1 atom stereocenters. The standard InChI is InChI=1S/C17H18N4O2S/c1-11-8-9-14(23-11)12(2)19-17(22)18-10-15-20-21-16(24-15)13-6-4-3-5-7-13/h3-9,12H,10H2,1-2H3,(H2,18,19,22)/t12-/m1/s1. The maximum Gasteiger partial charge on any atom is 0.315 e. The van der Waals surface area contributed by atoms with Gasteiger partial charge in [0.1, 0.15) is 21.5 Å². The Morgan fingerprint density at radius 2 is 2.00 bits per heavy atom. The number of aryl methyl sites for hydroxylation is 1. The Bertz CT molecular complexity index is 813. The second-order valence-corrected chi connectivity index (χ2v) is 6.43. The summed E-state index contributed by atoms with van der Waals surface area (Å²) < 4.78 is 5.50. The van der Waals surface area contributed by atoms with Crippen molar-refractivity contribution in [3.63, 3.8) is 0 Å². The first kappa shape index (κ1) is 16.2. The Hall–Kier alpha value is -2.67. The lowest BCUT2D eigenvalue weighted by atomic mass is 10.2. The van der Waals surface area contributed by atoms with E-state index in [9.17, 15) is 4.79 Å². The molecule has 6 nitrogen and oxygen atoms in total. The number of nitrogens with zero attached hydrogens (tertiary/aromatic N) is 2. The predicted octanol–water partition coefficient (Wildman–Crippen LogP) is 3.67. The van der Waals surface area contributed by atoms with Crippen molar-refractivity contribution in [2.75, 3.05) is 0 Å². The molecule has 0 radical (unpaired) electrons. The molecule has 0 saturated heterocycles. The van der Waals surface area contributed by atoms with Crippen LogP contribution in [0.1, 0.15) is 29.5 Å². The number of benzene rings is 1. The van der Waals surface area contributed by atoms with E-state index in [1.807, 2.05) is 56.3 Å². The first-order chi connectivity index (χ1) is 11.6. The van der Waals surface area contributed by atoms with Gasteiger partial charge in [0.25, 0.3) is 0 Å². The third-order valence-electron chi connectivity index (χ3n) is 3.42. The van der Waals surface area contributed by atoms with Crippen molar-refractivity contribution in [3.05, 3.63) is 59.0 Å². The van der Waals surface area contributed by atoms with Crippen LogP contribution in [0.2, 0.25) is 0 Å². The molecule has 0 unspecified atom stereocenters. The summed E-state index contributed by atoms with van der Waals surface area (Å²) in [6.07, 6.45) is 0. The number of amides is 2. The molecule has 0 aliphatic heterocycles. The molecule has 2 amide bonds. The predicted molar refractivity (Wildman–Crippen MR) is 92.6 cm³/mol. The normalized spacial score (nSPS) is 11.9. The van der Waals surface area contributed by atoms with Gasteiger partial charge in [0, 0.05) is 5.56 Å². The third-order valence-corrected chi connectivity index (χ3v) is 4.40. The van der Waals surface area contributed by atoms with Gasteiger partial charge in [-0.25, -0.2) is 4.79 Å². The molecule has 124 valence electrons. The maximum atomic E-state index is 12.0. The van der Waals surface area contributed by atoms with Gasteiger partial charge in [-0.1, -0.05) is 41.7 Å². The van der Waals surface area contributed by atoms with Crippen molar-refractivity contribution in [2.45, 2.75) is 26.4 Å². The SMILES string of the molecule is Cc1ccc([C@@H](C)NC(=O)NCc2nnc(-c3ccccc3)s2)o1. The minimum Gasteiger partial charge on any atom is -0.464 e. The first-order valence-corrected chi connectivity index (χ1v) is 8.42. The monoisotopic (exact) mass is 342 g/mol. The van der Waals surface area contributed by atoms with Gasteiger partial charge in [-0.2, -0.15) is 0 Å². The van der Waals surface area contributed by atoms with E-state index in [4.69, 9.17) is 4.42 Å². The van der Waals surface area contributed by atoms with Gasteiger partial charge in [0.05, 0.1) is 12.6 Å². The zero-order chi connectivity index (χ0) is 16.9. The topological polar surface area (TPSA) is 80.0 Å². The lowest BCUT2D eigenvalue weighted by Gasteiger charge is -2.11. The van der Waals surface area contributed by atoms with Crippen LogP contribution in [0.25, 0.3) is 10.6 Å². The van der Waals surface area contributed by atoms with Gasteiger partial charge in [0.15, 0.2) is 0 Å². The van der Waals surface area contributed by atoms with Gasteiger partial charge < -0.3 is 15.1 Å². The Morgan fingerprint density at radius 3 is 2.71 bits per heavy atom. The summed E-state index contributed by atoms with van der Waals surface area (Å²) in [6.45, 7) is 4.08. The highest BCUT2D eigenvalue weighted by atomic mass is 32.1. The summed E-state index contributed by atoms with van der Waals surface area (Å²) in [4.78, 5) is 12.0. The van der Waals surface area contributed by atoms with Crippen LogP contribution in [0.15, 0.2) is 46.9 Å². The molecule has 2 N–H and O–H groups in total. The van der Waals surface area contributed by atoms with Crippen LogP contribution in [0.5, 0.6) is 0 Å². The van der Waals surface area contributed by atoms with Crippen LogP contribution < -0.4 is 10.6 Å². The van der Waals surface area contributed by atoms with E-state index in [0.29, 0.717) is 6.54 Å². The van der Waals surface area contributed by atoms with E-state index < -0.39 is 0 Å². The molecule has 0 aliphatic carbocycles. The number of carbonyl (C=O) groups excluding carboxylic acids is 1. The summed E-state index contributed by atoms with van der Waals surface area (Å²) >= 11 is 1.46. The number of carbonyl (C=O) groups is 1. The van der Waals surface area contributed by atoms with Crippen molar-refractivity contribution < 1.29 is 9.21 Å². The molecule has 0 bridgehead atoms. The average Bonchev–Trinajstić information content (AvgIpc) is 3.23. The molecule has 7 heteroatoms. The maximum absolute atomic E-state index is 12.0. The van der Waals surface area contributed by atoms with Gasteiger partial charge in [-0.15, -0.1) is 10.2 Å². The van der Waals surface area contributed by atoms with Crippen molar-refractivity contribution >= 4 is 17.4 Å². The number of hydrogen-bond donors (Lipinski definition) is 2. The fraction of sp³-hybridized carbons (Fsp3) is 0.235. The van der Waals surface area contributed by atoms with E-state index in [2.05, 4.69) is 20.8 Å². The zero-order valence-corrected chi connectivity index (χ0v) is 14.3. The molecule has 1 aromatic carbocycles. The van der Waals surface area contributed by atoms with Gasteiger partial charge in [-0.3, -0.25) is 0 Å². The molecular weight excluding hydrogens is 324 g/mol. The number of nitrogens with one attached hydrogen (secondary N) is 2. The molecular formula is C17H18N4O2S. The minimum absolute atomic E-state index is 0.201. The van der Waals surface area contributed by atoms with Crippen LogP contribution >= 0.6 is 11.3 Å². The summed E-state index contributed by atoms with van der Waals surface area (Å²) in [5.41, 5.74) is 1.02. The quantitative estimate of drug-likeness (QED) is 0.741. The Kier molecular flexibility index (Phi) is 4.90. The van der Waals surface area contributed by atoms with E-state index in [0.717, 1.165) is 27.1 Å². The number of hydrogen-bond acceptors (Lipinski definition) is 5. The second-order valence-electron chi connectivity index (χ2n) is 5.36. The number of urea groups is 1. The van der Waals surface area contributed by atoms with Gasteiger partial charge in [0.2, 0.25) is 0 Å². The van der Waals surface area contributed by atoms with E-state index in [-0.39, 0.29) is 12.1 Å². The van der Waals surface area contributed by atoms with Crippen LogP contribution in [0.3, 0.4) is 0 Å². The van der Waals surface area contributed by atoms with E-state index >= 15 is 0 Å². The second kappa shape index (κ2) is 7.27. The molecule has 2 heterocycles. The summed E-state index contributed by atoms with van der Waals surface area (Å²) in [5.74, 6) is 1.55. The van der Waals surface area contributed by atoms with E-state index in [1.54, 1.807) is 0 Å². The largest absolute Gasteiger partial charge is 0.464 e. The van der Waals surface area contributed by atoms with Crippen molar-refractivity contribution in [2.24, 2.45) is 0 Å². The molecule has 0 spiro atoms. The van der Waals surface area contributed by atoms with Crippen molar-refractivity contribution in [1.82, 2.24) is 20.8 Å². The fourth-order valence-corrected chi connectivity index (χ4v) is 2.97. The number of rotatable bonds is 5. The lowest BCUT2D eigenvalue weighted by Crippen LogP contribution is -2.36. The third kappa shape index (κ3) is 3.99. The Balaban J connectivity index is 1.52. The van der Waals surface area contributed by atoms with Crippen molar-refractivity contribution in [1.29, 1.82) is 0 Å². The van der Waals surface area contributed by atoms with Crippen molar-refractivity contribution in [3.8, 4) is 10.6 Å². The fourth-order valence-electron chi connectivity index (χ4n) is 2.18. The Morgan fingerprint density at radius 1 is 1.21 bits per heavy atom. The molecule has 2 aromatic heterocycles. The van der Waals surface area contributed by atoms with Gasteiger partial charge >= 0.3 is 6.03 Å². The molecule has 0 fully saturated rings. The number of furan rings is 1. The van der Waals surface area contributed by atoms with Crippen LogP contribution in [0, 0.1) is 6.92 Å². The molecule has 3 aromatic rings. The highest BCUT2D eigenvalue weighted by Crippen LogP contribution is 2.22. The summed E-state index contributed by atoms with van der Waals surface area (Å²) in [7, 11) is 0. The smallest absolute Gasteiger partial charge is 0.315 e. The Labute approximate surface area is 143 Å². The van der Waals surface area contributed by atoms with Crippen LogP contribution in [0.4, 0.5) is 4.79 Å². The molecule has 3 rings (SSSR count). The number of aromatic nitrogens is 2. The molecule has 24 heavy (non-hydrogen) atoms. The highest BCUT2D eigenvalue weighted by Gasteiger charge is 2.13. The highest BCUT2D eigenvalue weighted by molar-refractivity contribution is 7.14. The summed E-state index contributed by atoms with van der Waals surface area (Å²) in [6, 6.07) is 13.1. The van der Waals surface area contributed by atoms with Crippen LogP contribution in [-0.4, -0.2) is 16.2 Å². The average molecular weight is 342 g/mol. The van der Waals surface area contributed by atoms with Gasteiger partial charge in [-0.05, 0) is 26.0 Å². The first-order valence-electron chi connectivity index (χ1n) is 7.60. The van der Waals surface area contributed by atoms with Crippen LogP contribution in [-0.2, 0) is 6.54 Å². The molecule has 0 aliphatic rings. The lowest BCUT2D eigenvalue weighted by molar-refractivity contribution is 0.235. The summed E-state index contributed by atoms with van der Waals surface area (Å²) in [5, 5.41) is 15.5. The molecule has 0 saturated carbocycles.